The van der Waals surface area contributed by atoms with Gasteiger partial charge in [-0.2, -0.15) is 0 Å². The van der Waals surface area contributed by atoms with E-state index in [1.807, 2.05) is 0 Å². The second kappa shape index (κ2) is 5.87. The molecule has 1 aromatic rings. The van der Waals surface area contributed by atoms with Crippen LogP contribution in [0.5, 0.6) is 0 Å². The van der Waals surface area contributed by atoms with E-state index in [1.165, 1.54) is 11.3 Å². The van der Waals surface area contributed by atoms with Gasteiger partial charge in [-0.05, 0) is 20.8 Å². The third-order valence-electron chi connectivity index (χ3n) is 1.97. The molecule has 0 saturated carbocycles. The van der Waals surface area contributed by atoms with Crippen LogP contribution in [0.4, 0.5) is 9.93 Å². The Labute approximate surface area is 114 Å². The summed E-state index contributed by atoms with van der Waals surface area (Å²) in [5.74, 6) is -1.16. The lowest BCUT2D eigenvalue weighted by Gasteiger charge is -2.21. The van der Waals surface area contributed by atoms with Crippen molar-refractivity contribution < 1.29 is 19.4 Å². The Morgan fingerprint density at radius 3 is 2.63 bits per heavy atom. The van der Waals surface area contributed by atoms with E-state index in [4.69, 9.17) is 15.6 Å². The molecule has 8 heteroatoms. The molecule has 1 heterocycles. The monoisotopic (exact) mass is 287 g/mol. The molecule has 0 aliphatic heterocycles. The Balaban J connectivity index is 2.63. The van der Waals surface area contributed by atoms with E-state index in [-0.39, 0.29) is 6.42 Å². The summed E-state index contributed by atoms with van der Waals surface area (Å²) in [7, 11) is 0. The lowest BCUT2D eigenvalue weighted by Crippen LogP contribution is -2.44. The standard InChI is InChI=1S/C11H17N3O4S/c1-11(2,3)18-10(17)14-7(8(15)16)4-6-5-19-9(12)13-6/h5,7H,4H2,1-3H3,(H2,12,13)(H,14,17)(H,15,16). The number of nitrogens with zero attached hydrogens (tertiary/aromatic N) is 1. The molecule has 0 aliphatic rings. The van der Waals surface area contributed by atoms with Crippen molar-refractivity contribution in [3.05, 3.63) is 11.1 Å². The molecule has 7 nitrogen and oxygen atoms in total. The number of amides is 1. The van der Waals surface area contributed by atoms with Gasteiger partial charge in [-0.25, -0.2) is 14.6 Å². The minimum Gasteiger partial charge on any atom is -0.480 e. The highest BCUT2D eigenvalue weighted by molar-refractivity contribution is 7.13. The van der Waals surface area contributed by atoms with E-state index in [2.05, 4.69) is 10.3 Å². The number of rotatable bonds is 4. The number of carboxylic acid groups (broad SMARTS) is 1. The van der Waals surface area contributed by atoms with Crippen molar-refractivity contribution in [3.63, 3.8) is 0 Å². The van der Waals surface area contributed by atoms with Gasteiger partial charge in [0.2, 0.25) is 0 Å². The van der Waals surface area contributed by atoms with Crippen molar-refractivity contribution in [2.24, 2.45) is 0 Å². The Kier molecular flexibility index (Phi) is 4.71. The quantitative estimate of drug-likeness (QED) is 0.767. The molecular formula is C11H17N3O4S. The highest BCUT2D eigenvalue weighted by Crippen LogP contribution is 2.13. The Morgan fingerprint density at radius 2 is 2.21 bits per heavy atom. The first-order chi connectivity index (χ1) is 8.67. The maximum Gasteiger partial charge on any atom is 0.408 e. The Morgan fingerprint density at radius 1 is 1.58 bits per heavy atom. The maximum atomic E-state index is 11.5. The smallest absolute Gasteiger partial charge is 0.408 e. The molecule has 4 N–H and O–H groups in total. The van der Waals surface area contributed by atoms with Crippen LogP contribution in [0.2, 0.25) is 0 Å². The largest absolute Gasteiger partial charge is 0.480 e. The molecule has 1 rings (SSSR count). The van der Waals surface area contributed by atoms with Crippen LogP contribution >= 0.6 is 11.3 Å². The SMILES string of the molecule is CC(C)(C)OC(=O)NC(Cc1csc(N)n1)C(=O)O. The molecule has 0 spiro atoms. The van der Waals surface area contributed by atoms with Crippen molar-refractivity contribution >= 4 is 28.5 Å². The number of thiazole rings is 1. The summed E-state index contributed by atoms with van der Waals surface area (Å²) in [6.45, 7) is 5.09. The maximum absolute atomic E-state index is 11.5. The van der Waals surface area contributed by atoms with E-state index in [0.29, 0.717) is 10.8 Å². The predicted molar refractivity (Wildman–Crippen MR) is 71.0 cm³/mol. The number of aliphatic carboxylic acids is 1. The lowest BCUT2D eigenvalue weighted by atomic mass is 10.2. The van der Waals surface area contributed by atoms with Crippen LogP contribution < -0.4 is 11.1 Å². The molecule has 0 aliphatic carbocycles. The van der Waals surface area contributed by atoms with Crippen molar-refractivity contribution in [2.45, 2.75) is 38.8 Å². The average Bonchev–Trinajstić information content (AvgIpc) is 2.60. The van der Waals surface area contributed by atoms with Gasteiger partial charge in [-0.3, -0.25) is 0 Å². The van der Waals surface area contributed by atoms with Gasteiger partial charge in [0.25, 0.3) is 0 Å². The number of nitrogen functional groups attached to an aromatic ring is 1. The number of carbonyl (C=O) groups excluding carboxylic acids is 1. The normalized spacial score (nSPS) is 12.8. The third-order valence-corrected chi connectivity index (χ3v) is 2.69. The second-order valence-electron chi connectivity index (χ2n) is 4.92. The second-order valence-corrected chi connectivity index (χ2v) is 5.81. The third kappa shape index (κ3) is 5.56. The van der Waals surface area contributed by atoms with Gasteiger partial charge in [0.1, 0.15) is 11.6 Å². The number of aromatic nitrogens is 1. The molecule has 0 fully saturated rings. The number of carbonyl (C=O) groups is 2. The van der Waals surface area contributed by atoms with Gasteiger partial charge in [0.05, 0.1) is 5.69 Å². The topological polar surface area (TPSA) is 115 Å². The van der Waals surface area contributed by atoms with Gasteiger partial charge in [-0.15, -0.1) is 11.3 Å². The van der Waals surface area contributed by atoms with Crippen molar-refractivity contribution in [1.29, 1.82) is 0 Å². The highest BCUT2D eigenvalue weighted by atomic mass is 32.1. The number of ether oxygens (including phenoxy) is 1. The fourth-order valence-corrected chi connectivity index (χ4v) is 1.85. The number of hydrogen-bond acceptors (Lipinski definition) is 6. The molecule has 0 aromatic carbocycles. The highest BCUT2D eigenvalue weighted by Gasteiger charge is 2.24. The number of nitrogens with one attached hydrogen (secondary N) is 1. The molecule has 1 aromatic heterocycles. The number of alkyl carbamates (subject to hydrolysis) is 1. The van der Waals surface area contributed by atoms with Crippen molar-refractivity contribution in [3.8, 4) is 0 Å². The van der Waals surface area contributed by atoms with Gasteiger partial charge in [0, 0.05) is 11.8 Å². The van der Waals surface area contributed by atoms with Gasteiger partial charge < -0.3 is 20.9 Å². The number of anilines is 1. The first-order valence-electron chi connectivity index (χ1n) is 5.59. The molecule has 0 radical (unpaired) electrons. The van der Waals surface area contributed by atoms with E-state index < -0.39 is 23.7 Å². The molecular weight excluding hydrogens is 270 g/mol. The van der Waals surface area contributed by atoms with Gasteiger partial charge in [0.15, 0.2) is 5.13 Å². The molecule has 19 heavy (non-hydrogen) atoms. The van der Waals surface area contributed by atoms with E-state index in [1.54, 1.807) is 26.2 Å². The van der Waals surface area contributed by atoms with Crippen molar-refractivity contribution in [2.75, 3.05) is 5.73 Å². The zero-order chi connectivity index (χ0) is 14.6. The number of nitrogens with two attached hydrogens (primary N) is 1. The summed E-state index contributed by atoms with van der Waals surface area (Å²) in [5.41, 5.74) is 5.30. The lowest BCUT2D eigenvalue weighted by molar-refractivity contribution is -0.139. The van der Waals surface area contributed by atoms with Gasteiger partial charge >= 0.3 is 12.1 Å². The number of carboxylic acids is 1. The summed E-state index contributed by atoms with van der Waals surface area (Å²) >= 11 is 1.22. The summed E-state index contributed by atoms with van der Waals surface area (Å²) < 4.78 is 5.01. The molecule has 1 amide bonds. The average molecular weight is 287 g/mol. The summed E-state index contributed by atoms with van der Waals surface area (Å²) in [6.07, 6.45) is -0.717. The minimum atomic E-state index is -1.16. The zero-order valence-corrected chi connectivity index (χ0v) is 11.8. The molecule has 106 valence electrons. The van der Waals surface area contributed by atoms with Crippen molar-refractivity contribution in [1.82, 2.24) is 10.3 Å². The fraction of sp³-hybridized carbons (Fsp3) is 0.545. The Hall–Kier alpha value is -1.83. The van der Waals surface area contributed by atoms with Crippen LogP contribution in [0.1, 0.15) is 26.5 Å². The van der Waals surface area contributed by atoms with Crippen LogP contribution in [0.15, 0.2) is 5.38 Å². The van der Waals surface area contributed by atoms with E-state index in [0.717, 1.165) is 0 Å². The minimum absolute atomic E-state index is 0.0578. The molecule has 1 atom stereocenters. The number of hydrogen-bond donors (Lipinski definition) is 3. The fourth-order valence-electron chi connectivity index (χ4n) is 1.28. The summed E-state index contributed by atoms with van der Waals surface area (Å²) in [4.78, 5) is 26.6. The zero-order valence-electron chi connectivity index (χ0n) is 11.0. The first-order valence-corrected chi connectivity index (χ1v) is 6.47. The molecule has 0 bridgehead atoms. The van der Waals surface area contributed by atoms with Crippen LogP contribution in [0, 0.1) is 0 Å². The van der Waals surface area contributed by atoms with Crippen LogP contribution in [0.3, 0.4) is 0 Å². The first kappa shape index (κ1) is 15.2. The Bertz CT molecular complexity index is 467. The van der Waals surface area contributed by atoms with Crippen LogP contribution in [-0.4, -0.2) is 33.8 Å². The van der Waals surface area contributed by atoms with E-state index >= 15 is 0 Å². The van der Waals surface area contributed by atoms with Crippen LogP contribution in [0.25, 0.3) is 0 Å². The van der Waals surface area contributed by atoms with Crippen LogP contribution in [-0.2, 0) is 16.0 Å². The molecule has 1 unspecified atom stereocenters. The predicted octanol–water partition coefficient (Wildman–Crippen LogP) is 1.25. The van der Waals surface area contributed by atoms with E-state index in [9.17, 15) is 9.59 Å². The summed E-state index contributed by atoms with van der Waals surface area (Å²) in [6, 6.07) is -1.10. The van der Waals surface area contributed by atoms with Gasteiger partial charge in [-0.1, -0.05) is 0 Å². The molecule has 0 saturated heterocycles. The summed E-state index contributed by atoms with van der Waals surface area (Å²) in [5, 5.41) is 13.4.